The molecule has 0 bridgehead atoms. The van der Waals surface area contributed by atoms with Gasteiger partial charge in [0.2, 0.25) is 0 Å². The molecule has 1 N–H and O–H groups in total. The second-order valence-electron chi connectivity index (χ2n) is 7.64. The number of fused-ring (bicyclic) bond motifs is 2. The van der Waals surface area contributed by atoms with Gasteiger partial charge in [0.05, 0.1) is 5.92 Å². The second-order valence-corrected chi connectivity index (χ2v) is 7.64. The maximum atomic E-state index is 13.3. The van der Waals surface area contributed by atoms with E-state index in [1.54, 1.807) is 36.4 Å². The van der Waals surface area contributed by atoms with Crippen LogP contribution in [0.4, 0.5) is 0 Å². The van der Waals surface area contributed by atoms with Crippen molar-refractivity contribution in [3.8, 4) is 0 Å². The predicted octanol–water partition coefficient (Wildman–Crippen LogP) is 5.22. The van der Waals surface area contributed by atoms with Crippen LogP contribution in [-0.4, -0.2) is 22.3 Å². The molecule has 0 saturated carbocycles. The number of nitrogens with one attached hydrogen (secondary N) is 1. The molecule has 30 heavy (non-hydrogen) atoms. The Balaban J connectivity index is 1.61. The van der Waals surface area contributed by atoms with E-state index in [1.807, 2.05) is 48.7 Å². The molecule has 0 aliphatic heterocycles. The molecular weight excluding hydrogens is 374 g/mol. The van der Waals surface area contributed by atoms with E-state index in [-0.39, 0.29) is 23.8 Å². The van der Waals surface area contributed by atoms with Crippen molar-refractivity contribution in [2.24, 2.45) is 5.92 Å². The third-order valence-corrected chi connectivity index (χ3v) is 5.95. The lowest BCUT2D eigenvalue weighted by Crippen LogP contribution is -2.26. The molecule has 0 amide bonds. The van der Waals surface area contributed by atoms with Crippen LogP contribution in [0.3, 0.4) is 0 Å². The Morgan fingerprint density at radius 2 is 1.40 bits per heavy atom. The lowest BCUT2D eigenvalue weighted by Gasteiger charge is -2.21. The summed E-state index contributed by atoms with van der Waals surface area (Å²) >= 11 is 0. The van der Waals surface area contributed by atoms with Crippen LogP contribution < -0.4 is 0 Å². The van der Waals surface area contributed by atoms with Gasteiger partial charge in [0.1, 0.15) is 0 Å². The molecule has 4 aromatic rings. The molecule has 1 aromatic heterocycles. The minimum atomic E-state index is -0.894. The van der Waals surface area contributed by atoms with Crippen LogP contribution >= 0.6 is 0 Å². The Bertz CT molecular complexity index is 1250. The topological polar surface area (TPSA) is 67.0 Å². The van der Waals surface area contributed by atoms with Gasteiger partial charge in [0.15, 0.2) is 17.3 Å². The third-order valence-electron chi connectivity index (χ3n) is 5.95. The number of hydrogen-bond acceptors (Lipinski definition) is 3. The summed E-state index contributed by atoms with van der Waals surface area (Å²) in [5, 5.41) is 0.930. The molecule has 1 heterocycles. The van der Waals surface area contributed by atoms with Crippen molar-refractivity contribution in [2.45, 2.75) is 12.3 Å². The molecule has 5 rings (SSSR count). The zero-order chi connectivity index (χ0) is 20.7. The normalized spacial score (nSPS) is 14.8. The van der Waals surface area contributed by atoms with E-state index < -0.39 is 11.8 Å². The number of carbonyl (C=O) groups excluding carboxylic acids is 3. The quantitative estimate of drug-likeness (QED) is 0.373. The Kier molecular flexibility index (Phi) is 4.40. The second kappa shape index (κ2) is 7.23. The number of aromatic nitrogens is 1. The number of hydrogen-bond donors (Lipinski definition) is 1. The van der Waals surface area contributed by atoms with E-state index in [0.29, 0.717) is 16.7 Å². The number of benzene rings is 3. The fourth-order valence-corrected chi connectivity index (χ4v) is 4.48. The number of H-pyrrole nitrogens is 1. The number of aromatic amines is 1. The fraction of sp³-hybridized carbons (Fsp3) is 0.115. The smallest absolute Gasteiger partial charge is 0.175 e. The van der Waals surface area contributed by atoms with Gasteiger partial charge in [-0.05, 0) is 11.6 Å². The zero-order valence-electron chi connectivity index (χ0n) is 16.2. The summed E-state index contributed by atoms with van der Waals surface area (Å²) in [6.45, 7) is 0. The van der Waals surface area contributed by atoms with E-state index in [0.717, 1.165) is 16.5 Å². The van der Waals surface area contributed by atoms with Crippen LogP contribution in [0, 0.1) is 5.92 Å². The highest BCUT2D eigenvalue weighted by Gasteiger charge is 2.44. The fourth-order valence-electron chi connectivity index (χ4n) is 4.48. The Morgan fingerprint density at radius 3 is 2.10 bits per heavy atom. The van der Waals surface area contributed by atoms with Crippen molar-refractivity contribution in [2.75, 3.05) is 0 Å². The SMILES string of the molecule is O=C(CC(c1c[nH]c2ccccc12)C1C(=O)c2ccccc2C1=O)c1ccccc1. The molecule has 0 spiro atoms. The summed E-state index contributed by atoms with van der Waals surface area (Å²) in [6.07, 6.45) is 1.92. The Hall–Kier alpha value is -3.79. The number of para-hydroxylation sites is 1. The van der Waals surface area contributed by atoms with Gasteiger partial charge >= 0.3 is 0 Å². The average Bonchev–Trinajstić information content (AvgIpc) is 3.32. The predicted molar refractivity (Wildman–Crippen MR) is 115 cm³/mol. The maximum Gasteiger partial charge on any atom is 0.175 e. The highest BCUT2D eigenvalue weighted by Crippen LogP contribution is 2.41. The molecule has 1 atom stereocenters. The summed E-state index contributed by atoms with van der Waals surface area (Å²) in [5.41, 5.74) is 3.22. The van der Waals surface area contributed by atoms with Gasteiger partial charge in [0, 0.05) is 46.1 Å². The summed E-state index contributed by atoms with van der Waals surface area (Å²) in [6, 6.07) is 23.7. The summed E-state index contributed by atoms with van der Waals surface area (Å²) in [7, 11) is 0. The van der Waals surface area contributed by atoms with E-state index in [2.05, 4.69) is 4.98 Å². The monoisotopic (exact) mass is 393 g/mol. The van der Waals surface area contributed by atoms with Crippen LogP contribution in [-0.2, 0) is 0 Å². The lowest BCUT2D eigenvalue weighted by molar-refractivity contribution is 0.0803. The van der Waals surface area contributed by atoms with Gasteiger partial charge in [0.25, 0.3) is 0 Å². The third kappa shape index (κ3) is 2.89. The molecule has 0 radical (unpaired) electrons. The van der Waals surface area contributed by atoms with E-state index in [1.165, 1.54) is 0 Å². The van der Waals surface area contributed by atoms with Crippen molar-refractivity contribution in [3.05, 3.63) is 107 Å². The van der Waals surface area contributed by atoms with Crippen molar-refractivity contribution in [1.82, 2.24) is 4.98 Å². The first kappa shape index (κ1) is 18.3. The van der Waals surface area contributed by atoms with Crippen LogP contribution in [0.25, 0.3) is 10.9 Å². The van der Waals surface area contributed by atoms with Gasteiger partial charge < -0.3 is 4.98 Å². The molecule has 1 aliphatic carbocycles. The van der Waals surface area contributed by atoms with Crippen molar-refractivity contribution >= 4 is 28.3 Å². The number of ketones is 3. The van der Waals surface area contributed by atoms with Crippen LogP contribution in [0.5, 0.6) is 0 Å². The molecule has 0 fully saturated rings. The molecule has 146 valence electrons. The number of rotatable bonds is 5. The molecule has 0 saturated heterocycles. The lowest BCUT2D eigenvalue weighted by atomic mass is 9.78. The van der Waals surface area contributed by atoms with E-state index in [4.69, 9.17) is 0 Å². The first-order valence-electron chi connectivity index (χ1n) is 9.97. The van der Waals surface area contributed by atoms with Crippen LogP contribution in [0.2, 0.25) is 0 Å². The summed E-state index contributed by atoms with van der Waals surface area (Å²) < 4.78 is 0. The minimum absolute atomic E-state index is 0.0811. The maximum absolute atomic E-state index is 13.3. The van der Waals surface area contributed by atoms with Crippen molar-refractivity contribution in [1.29, 1.82) is 0 Å². The first-order valence-corrected chi connectivity index (χ1v) is 9.97. The highest BCUT2D eigenvalue weighted by atomic mass is 16.2. The van der Waals surface area contributed by atoms with Crippen molar-refractivity contribution < 1.29 is 14.4 Å². The molecule has 1 unspecified atom stereocenters. The van der Waals surface area contributed by atoms with E-state index in [9.17, 15) is 14.4 Å². The largest absolute Gasteiger partial charge is 0.361 e. The Morgan fingerprint density at radius 1 is 0.800 bits per heavy atom. The van der Waals surface area contributed by atoms with Gasteiger partial charge in [-0.15, -0.1) is 0 Å². The van der Waals surface area contributed by atoms with Crippen LogP contribution in [0.1, 0.15) is 49.0 Å². The molecular formula is C26H19NO3. The van der Waals surface area contributed by atoms with Crippen LogP contribution in [0.15, 0.2) is 85.1 Å². The van der Waals surface area contributed by atoms with Gasteiger partial charge in [-0.25, -0.2) is 0 Å². The van der Waals surface area contributed by atoms with Gasteiger partial charge in [-0.3, -0.25) is 14.4 Å². The van der Waals surface area contributed by atoms with Crippen molar-refractivity contribution in [3.63, 3.8) is 0 Å². The highest BCUT2D eigenvalue weighted by molar-refractivity contribution is 6.27. The molecule has 4 heteroatoms. The summed E-state index contributed by atoms with van der Waals surface area (Å²) in [4.78, 5) is 42.8. The standard InChI is InChI=1S/C26H19NO3/c28-23(16-8-2-1-3-9-16)14-20(21-15-27-22-13-7-6-10-17(21)22)24-25(29)18-11-4-5-12-19(18)26(24)30/h1-13,15,20,24,27H,14H2. The number of carbonyl (C=O) groups is 3. The van der Waals surface area contributed by atoms with Gasteiger partial charge in [-0.2, -0.15) is 0 Å². The minimum Gasteiger partial charge on any atom is -0.361 e. The average molecular weight is 393 g/mol. The molecule has 1 aliphatic rings. The molecule has 3 aromatic carbocycles. The molecule has 4 nitrogen and oxygen atoms in total. The Labute approximate surface area is 173 Å². The number of Topliss-reactive ketones (excluding diaryl/α,β-unsaturated/α-hetero) is 3. The zero-order valence-corrected chi connectivity index (χ0v) is 16.2. The first-order chi connectivity index (χ1) is 14.6. The summed E-state index contributed by atoms with van der Waals surface area (Å²) in [5.74, 6) is -1.92. The van der Waals surface area contributed by atoms with Gasteiger partial charge in [-0.1, -0.05) is 72.8 Å². The van der Waals surface area contributed by atoms with E-state index >= 15 is 0 Å².